The SMILES string of the molecule is C=C.C=C(Cn1nnc(COc2cc3cc4c(nc3cc2F)-c2cc3c(c(=O)n2C4)COC(=O)C3CC)n1)C(=O)N1CCN(c2nc(OC)nc3c(F)c(/C=c4\c(C#N)c(N)s\c4=C/F)c(Cl)cc23)C(C)C1.FC1CC2CCCN2C1. The normalized spacial score (nSPS) is 19.5. The molecule has 0 saturated carbocycles. The Labute approximate surface area is 469 Å². The maximum Gasteiger partial charge on any atom is 0.318 e. The number of alkyl halides is 1. The molecular weight excluding hydrogens is 1090 g/mol. The molecule has 2 N–H and O–H groups in total. The van der Waals surface area contributed by atoms with Gasteiger partial charge in [-0.3, -0.25) is 19.3 Å². The van der Waals surface area contributed by atoms with E-state index in [1.165, 1.54) is 49.0 Å². The fourth-order valence-corrected chi connectivity index (χ4v) is 12.2. The highest BCUT2D eigenvalue weighted by molar-refractivity contribution is 7.14. The van der Waals surface area contributed by atoms with Crippen LogP contribution in [0, 0.1) is 23.0 Å². The third kappa shape index (κ3) is 10.6. The smallest absolute Gasteiger partial charge is 0.318 e. The van der Waals surface area contributed by atoms with Crippen LogP contribution in [0.25, 0.3) is 45.6 Å². The summed E-state index contributed by atoms with van der Waals surface area (Å²) in [6, 6.07) is 9.93. The highest BCUT2D eigenvalue weighted by Gasteiger charge is 2.37. The van der Waals surface area contributed by atoms with E-state index in [1.807, 2.05) is 36.9 Å². The van der Waals surface area contributed by atoms with Gasteiger partial charge in [-0.1, -0.05) is 25.1 Å². The molecule has 25 heteroatoms. The molecule has 2 aromatic carbocycles. The van der Waals surface area contributed by atoms with Crippen molar-refractivity contribution >= 4 is 79.8 Å². The number of aromatic nitrogens is 8. The number of rotatable bonds is 10. The highest BCUT2D eigenvalue weighted by atomic mass is 35.5. The molecular formula is C56H54ClF4N13O6S. The third-order valence-corrected chi connectivity index (χ3v) is 16.3. The van der Waals surface area contributed by atoms with Gasteiger partial charge in [0, 0.05) is 77.0 Å². The number of carbonyl (C=O) groups is 2. The molecule has 3 saturated heterocycles. The lowest BCUT2D eigenvalue weighted by molar-refractivity contribution is -0.148. The molecule has 0 radical (unpaired) electrons. The summed E-state index contributed by atoms with van der Waals surface area (Å²) in [6.45, 7) is 16.1. The zero-order chi connectivity index (χ0) is 57.6. The number of halogens is 5. The van der Waals surface area contributed by atoms with E-state index >= 15 is 8.78 Å². The van der Waals surface area contributed by atoms with Crippen LogP contribution in [0.5, 0.6) is 11.8 Å². The Morgan fingerprint density at radius 1 is 1.10 bits per heavy atom. The highest BCUT2D eigenvalue weighted by Crippen LogP contribution is 2.39. The average molecular weight is 1150 g/mol. The molecule has 5 aliphatic rings. The number of cyclic esters (lactones) is 1. The molecule has 19 nitrogen and oxygen atoms in total. The summed E-state index contributed by atoms with van der Waals surface area (Å²) >= 11 is 7.50. The second-order valence-electron chi connectivity index (χ2n) is 19.9. The second-order valence-corrected chi connectivity index (χ2v) is 21.4. The van der Waals surface area contributed by atoms with Gasteiger partial charge in [0.05, 0.1) is 63.7 Å². The summed E-state index contributed by atoms with van der Waals surface area (Å²) in [5.74, 6) is -2.50. The van der Waals surface area contributed by atoms with Gasteiger partial charge in [0.1, 0.15) is 41.5 Å². The van der Waals surface area contributed by atoms with Crippen LogP contribution in [-0.4, -0.2) is 119 Å². The van der Waals surface area contributed by atoms with Gasteiger partial charge in [-0.15, -0.1) is 34.7 Å². The predicted octanol–water partition coefficient (Wildman–Crippen LogP) is 6.76. The number of nitriles is 1. The molecule has 81 heavy (non-hydrogen) atoms. The minimum atomic E-state index is -0.854. The van der Waals surface area contributed by atoms with Crippen molar-refractivity contribution in [2.45, 2.75) is 90.0 Å². The van der Waals surface area contributed by atoms with Crippen LogP contribution in [0.3, 0.4) is 0 Å². The van der Waals surface area contributed by atoms with Gasteiger partial charge >= 0.3 is 12.0 Å². The van der Waals surface area contributed by atoms with E-state index < -0.39 is 23.7 Å². The van der Waals surface area contributed by atoms with E-state index in [2.05, 4.69) is 50.0 Å². The Bertz CT molecular complexity index is 3930. The van der Waals surface area contributed by atoms with Crippen molar-refractivity contribution in [1.29, 1.82) is 5.26 Å². The molecule has 5 aromatic heterocycles. The number of methoxy groups -OCH3 is 1. The fourth-order valence-electron chi connectivity index (χ4n) is 11.2. The van der Waals surface area contributed by atoms with Crippen LogP contribution in [0.15, 0.2) is 60.4 Å². The number of ether oxygens (including phenoxy) is 3. The quantitative estimate of drug-likeness (QED) is 0.0646. The van der Waals surface area contributed by atoms with E-state index in [4.69, 9.17) is 36.5 Å². The lowest BCUT2D eigenvalue weighted by Crippen LogP contribution is -2.54. The van der Waals surface area contributed by atoms with E-state index in [9.17, 15) is 28.4 Å². The number of tetrazole rings is 1. The van der Waals surface area contributed by atoms with Crippen molar-refractivity contribution in [2.24, 2.45) is 0 Å². The number of piperazine rings is 1. The first-order chi connectivity index (χ1) is 39.0. The molecule has 0 aliphatic carbocycles. The fraction of sp³-hybridized carbons (Fsp3) is 0.357. The van der Waals surface area contributed by atoms with Gasteiger partial charge in [0.15, 0.2) is 24.0 Å². The Hall–Kier alpha value is -8.27. The zero-order valence-electron chi connectivity index (χ0n) is 44.4. The lowest BCUT2D eigenvalue weighted by atomic mass is 9.90. The number of hydrogen-bond acceptors (Lipinski definition) is 17. The molecule has 4 atom stereocenters. The van der Waals surface area contributed by atoms with Crippen LogP contribution < -0.4 is 35.4 Å². The van der Waals surface area contributed by atoms with Gasteiger partial charge in [-0.2, -0.15) is 20.0 Å². The van der Waals surface area contributed by atoms with E-state index in [0.29, 0.717) is 58.2 Å². The number of esters is 1. The number of fused-ring (bicyclic) bond motifs is 7. The predicted molar refractivity (Wildman–Crippen MR) is 296 cm³/mol. The molecule has 3 fully saturated rings. The third-order valence-electron chi connectivity index (χ3n) is 15.1. The van der Waals surface area contributed by atoms with Crippen molar-refractivity contribution in [3.63, 3.8) is 0 Å². The number of pyridine rings is 2. The first kappa shape index (κ1) is 56.0. The van der Waals surface area contributed by atoms with Gasteiger partial charge in [-0.05, 0) is 80.3 Å². The van der Waals surface area contributed by atoms with Crippen LogP contribution in [-0.2, 0) is 40.6 Å². The van der Waals surface area contributed by atoms with Crippen LogP contribution in [0.2, 0.25) is 5.02 Å². The molecule has 420 valence electrons. The molecule has 1 amide bonds. The summed E-state index contributed by atoms with van der Waals surface area (Å²) in [4.78, 5) is 60.2. The van der Waals surface area contributed by atoms with Crippen molar-refractivity contribution in [3.8, 4) is 29.2 Å². The average Bonchev–Trinajstić information content (AvgIpc) is 4.42. The van der Waals surface area contributed by atoms with E-state index in [0.717, 1.165) is 29.9 Å². The monoisotopic (exact) mass is 1150 g/mol. The van der Waals surface area contributed by atoms with Crippen molar-refractivity contribution in [2.75, 3.05) is 50.5 Å². The number of carbonyl (C=O) groups excluding carboxylic acids is 2. The molecule has 0 bridgehead atoms. The Morgan fingerprint density at radius 3 is 2.63 bits per heavy atom. The summed E-state index contributed by atoms with van der Waals surface area (Å²) in [7, 11) is 1.34. The molecule has 7 aromatic rings. The number of nitrogens with two attached hydrogens (primary N) is 1. The molecule has 12 rings (SSSR count). The first-order valence-corrected chi connectivity index (χ1v) is 27.2. The number of anilines is 2. The first-order valence-electron chi connectivity index (χ1n) is 26.0. The van der Waals surface area contributed by atoms with Crippen molar-refractivity contribution in [1.82, 2.24) is 49.5 Å². The van der Waals surface area contributed by atoms with Crippen LogP contribution in [0.4, 0.5) is 28.4 Å². The molecule has 4 unspecified atom stereocenters. The van der Waals surface area contributed by atoms with Crippen molar-refractivity contribution in [3.05, 3.63) is 126 Å². The summed E-state index contributed by atoms with van der Waals surface area (Å²) < 4.78 is 76.3. The summed E-state index contributed by atoms with van der Waals surface area (Å²) in [5, 5.41) is 22.9. The molecule has 10 heterocycles. The van der Waals surface area contributed by atoms with Gasteiger partial charge < -0.3 is 34.3 Å². The van der Waals surface area contributed by atoms with Crippen LogP contribution in [0.1, 0.15) is 79.1 Å². The number of nitrogen functional groups attached to an aromatic ring is 1. The Kier molecular flexibility index (Phi) is 16.0. The second kappa shape index (κ2) is 23.1. The van der Waals surface area contributed by atoms with Gasteiger partial charge in [0.2, 0.25) is 5.82 Å². The minimum absolute atomic E-state index is 0.0171. The number of amides is 1. The topological polar surface area (TPSA) is 226 Å². The summed E-state index contributed by atoms with van der Waals surface area (Å²) in [5.41, 5.74) is 8.81. The lowest BCUT2D eigenvalue weighted by Gasteiger charge is -2.41. The largest absolute Gasteiger partial charge is 0.482 e. The van der Waals surface area contributed by atoms with Crippen LogP contribution >= 0.6 is 22.9 Å². The molecule has 0 spiro atoms. The van der Waals surface area contributed by atoms with Gasteiger partial charge in [-0.25, -0.2) is 22.5 Å². The molecule has 5 aliphatic heterocycles. The standard InChI is InChI=1S/C47H38ClF3N12O6S.C7H12FN.C2H4/c1-5-25-26-12-35-40-24(18-62(35)45(65)31(26)19-69-46(25)66)8-23-9-36(33(50)13-34(23)54-40)68-20-38-57-59-63(58-38)16-21(2)44(64)60-6-7-61(22(3)17-60)43-29-11-32(48)28(39(51)41(29)55-47(56-43)67-4)10-27-30(15-52)42(53)70-37(27)14-49;8-6-4-7-2-1-3-9(7)5-6;1-2/h8-14,22,25H,2,5-7,16-20,53H2,1,3-4H3;6-7H,1-5H2;1-2H2/b27-10+,37-14-;;. The minimum Gasteiger partial charge on any atom is -0.482 e. The van der Waals surface area contributed by atoms with E-state index in [-0.39, 0.29) is 141 Å². The zero-order valence-corrected chi connectivity index (χ0v) is 45.9. The number of thiophene rings is 1. The van der Waals surface area contributed by atoms with Crippen molar-refractivity contribution < 1.29 is 41.4 Å². The number of benzene rings is 2. The Balaban J connectivity index is 0.000000600. The van der Waals surface area contributed by atoms with Gasteiger partial charge in [0.25, 0.3) is 11.5 Å². The maximum absolute atomic E-state index is 16.4. The number of hydrogen-bond donors (Lipinski definition) is 1. The summed E-state index contributed by atoms with van der Waals surface area (Å²) in [6.07, 6.45) is 4.83. The number of nitrogens with zero attached hydrogens (tertiary/aromatic N) is 12. The maximum atomic E-state index is 16.4. The Morgan fingerprint density at radius 2 is 1.90 bits per heavy atom. The van der Waals surface area contributed by atoms with E-state index in [1.54, 1.807) is 9.47 Å².